The van der Waals surface area contributed by atoms with Crippen LogP contribution in [-0.2, 0) is 16.9 Å². The summed E-state index contributed by atoms with van der Waals surface area (Å²) in [6.45, 7) is 1.83. The molecule has 1 atom stereocenters. The lowest BCUT2D eigenvalue weighted by molar-refractivity contribution is -0.132. The molecule has 1 unspecified atom stereocenters. The van der Waals surface area contributed by atoms with E-state index < -0.39 is 11.6 Å². The molecule has 5 nitrogen and oxygen atoms in total. The van der Waals surface area contributed by atoms with Crippen LogP contribution in [0.4, 0.5) is 4.79 Å². The third-order valence-electron chi connectivity index (χ3n) is 3.54. The number of hydrogen-bond acceptors (Lipinski definition) is 3. The summed E-state index contributed by atoms with van der Waals surface area (Å²) in [6.07, 6.45) is 1.47. The first kappa shape index (κ1) is 13.7. The van der Waals surface area contributed by atoms with Crippen LogP contribution in [-0.4, -0.2) is 16.8 Å². The molecule has 1 saturated heterocycles. The predicted molar refractivity (Wildman–Crippen MR) is 76.6 cm³/mol. The normalized spacial score (nSPS) is 21.7. The number of amides is 3. The topological polar surface area (TPSA) is 62.6 Å². The van der Waals surface area contributed by atoms with E-state index in [0.29, 0.717) is 10.8 Å². The van der Waals surface area contributed by atoms with Crippen molar-refractivity contribution in [2.45, 2.75) is 19.0 Å². The molecule has 1 fully saturated rings. The molecule has 0 aliphatic carbocycles. The Kier molecular flexibility index (Phi) is 3.22. The van der Waals surface area contributed by atoms with Crippen molar-refractivity contribution in [2.24, 2.45) is 0 Å². The Hall–Kier alpha value is -2.27. The molecular weight excluding hydrogens is 292 g/mol. The number of halogens is 1. The average molecular weight is 305 g/mol. The first-order valence-corrected chi connectivity index (χ1v) is 6.81. The molecule has 1 N–H and O–H groups in total. The largest absolute Gasteiger partial charge is 0.466 e. The molecule has 1 aromatic carbocycles. The SMILES string of the molecule is CC1(c2ccco2)NC(=O)N(Cc2ccc(Cl)cc2)C1=O. The molecule has 1 aliphatic heterocycles. The summed E-state index contributed by atoms with van der Waals surface area (Å²) in [4.78, 5) is 25.8. The summed E-state index contributed by atoms with van der Waals surface area (Å²) in [5.41, 5.74) is -0.334. The van der Waals surface area contributed by atoms with Gasteiger partial charge in [0.1, 0.15) is 5.76 Å². The Morgan fingerprint density at radius 2 is 1.95 bits per heavy atom. The van der Waals surface area contributed by atoms with Crippen LogP contribution in [0.15, 0.2) is 47.1 Å². The third kappa shape index (κ3) is 2.29. The number of nitrogens with one attached hydrogen (secondary N) is 1. The first-order chi connectivity index (χ1) is 10.0. The Labute approximate surface area is 126 Å². The number of furan rings is 1. The van der Waals surface area contributed by atoms with E-state index >= 15 is 0 Å². The average Bonchev–Trinajstić information content (AvgIpc) is 3.06. The summed E-state index contributed by atoms with van der Waals surface area (Å²) in [5.74, 6) is 0.0804. The van der Waals surface area contributed by atoms with Gasteiger partial charge < -0.3 is 9.73 Å². The van der Waals surface area contributed by atoms with Gasteiger partial charge in [0.15, 0.2) is 5.54 Å². The molecule has 0 saturated carbocycles. The molecule has 21 heavy (non-hydrogen) atoms. The number of imide groups is 1. The number of hydrogen-bond donors (Lipinski definition) is 1. The Balaban J connectivity index is 1.86. The van der Waals surface area contributed by atoms with Crippen LogP contribution in [0.25, 0.3) is 0 Å². The molecule has 0 bridgehead atoms. The van der Waals surface area contributed by atoms with Crippen LogP contribution in [0.2, 0.25) is 5.02 Å². The summed E-state index contributed by atoms with van der Waals surface area (Å²) in [7, 11) is 0. The van der Waals surface area contributed by atoms with Crippen molar-refractivity contribution in [1.82, 2.24) is 10.2 Å². The molecule has 108 valence electrons. The van der Waals surface area contributed by atoms with Gasteiger partial charge in [-0.3, -0.25) is 9.69 Å². The van der Waals surface area contributed by atoms with E-state index in [2.05, 4.69) is 5.32 Å². The number of carbonyl (C=O) groups excluding carboxylic acids is 2. The standard InChI is InChI=1S/C15H13ClN2O3/c1-15(12-3-2-8-21-12)13(19)18(14(20)17-15)9-10-4-6-11(16)7-5-10/h2-8H,9H2,1H3,(H,17,20). The van der Waals surface area contributed by atoms with Gasteiger partial charge in [0.05, 0.1) is 12.8 Å². The summed E-state index contributed by atoms with van der Waals surface area (Å²) < 4.78 is 5.27. The van der Waals surface area contributed by atoms with Crippen molar-refractivity contribution >= 4 is 23.5 Å². The second-order valence-electron chi connectivity index (χ2n) is 5.05. The van der Waals surface area contributed by atoms with Crippen LogP contribution < -0.4 is 5.32 Å². The van der Waals surface area contributed by atoms with Gasteiger partial charge in [-0.15, -0.1) is 0 Å². The van der Waals surface area contributed by atoms with E-state index in [9.17, 15) is 9.59 Å². The van der Waals surface area contributed by atoms with Gasteiger partial charge in [-0.25, -0.2) is 4.79 Å². The zero-order valence-corrected chi connectivity index (χ0v) is 12.1. The van der Waals surface area contributed by atoms with Crippen molar-refractivity contribution in [1.29, 1.82) is 0 Å². The van der Waals surface area contributed by atoms with E-state index in [0.717, 1.165) is 5.56 Å². The highest BCUT2D eigenvalue weighted by Crippen LogP contribution is 2.30. The highest BCUT2D eigenvalue weighted by Gasteiger charge is 2.50. The molecule has 6 heteroatoms. The van der Waals surface area contributed by atoms with Crippen LogP contribution in [0.5, 0.6) is 0 Å². The van der Waals surface area contributed by atoms with Crippen LogP contribution in [0.3, 0.4) is 0 Å². The van der Waals surface area contributed by atoms with Crippen LogP contribution in [0, 0.1) is 0 Å². The predicted octanol–water partition coefficient (Wildman–Crippen LogP) is 2.90. The summed E-state index contributed by atoms with van der Waals surface area (Å²) in [6, 6.07) is 9.93. The minimum Gasteiger partial charge on any atom is -0.466 e. The van der Waals surface area contributed by atoms with Crippen molar-refractivity contribution in [3.05, 3.63) is 59.0 Å². The summed E-state index contributed by atoms with van der Waals surface area (Å²) in [5, 5.41) is 3.29. The smallest absolute Gasteiger partial charge is 0.325 e. The summed E-state index contributed by atoms with van der Waals surface area (Å²) >= 11 is 5.83. The zero-order chi connectivity index (χ0) is 15.0. The van der Waals surface area contributed by atoms with E-state index in [1.165, 1.54) is 11.2 Å². The maximum Gasteiger partial charge on any atom is 0.325 e. The number of nitrogens with zero attached hydrogens (tertiary/aromatic N) is 1. The van der Waals surface area contributed by atoms with Gasteiger partial charge in [-0.05, 0) is 36.8 Å². The first-order valence-electron chi connectivity index (χ1n) is 6.43. The Bertz CT molecular complexity index is 681. The Morgan fingerprint density at radius 1 is 1.24 bits per heavy atom. The third-order valence-corrected chi connectivity index (χ3v) is 3.79. The lowest BCUT2D eigenvalue weighted by Gasteiger charge is -2.19. The van der Waals surface area contributed by atoms with E-state index in [1.54, 1.807) is 43.3 Å². The van der Waals surface area contributed by atoms with E-state index in [1.807, 2.05) is 0 Å². The van der Waals surface area contributed by atoms with Gasteiger partial charge in [-0.2, -0.15) is 0 Å². The maximum absolute atomic E-state index is 12.6. The van der Waals surface area contributed by atoms with Gasteiger partial charge in [-0.1, -0.05) is 23.7 Å². The monoisotopic (exact) mass is 304 g/mol. The minimum absolute atomic E-state index is 0.193. The highest BCUT2D eigenvalue weighted by molar-refractivity contribution is 6.30. The van der Waals surface area contributed by atoms with Gasteiger partial charge in [0, 0.05) is 5.02 Å². The number of carbonyl (C=O) groups is 2. The molecule has 2 heterocycles. The van der Waals surface area contributed by atoms with Gasteiger partial charge in [0.25, 0.3) is 5.91 Å². The molecule has 2 aromatic rings. The van der Waals surface area contributed by atoms with Crippen LogP contribution >= 0.6 is 11.6 Å². The fraction of sp³-hybridized carbons (Fsp3) is 0.200. The molecule has 1 aliphatic rings. The van der Waals surface area contributed by atoms with Gasteiger partial charge >= 0.3 is 6.03 Å². The van der Waals surface area contributed by atoms with Crippen molar-refractivity contribution in [3.8, 4) is 0 Å². The zero-order valence-electron chi connectivity index (χ0n) is 11.3. The van der Waals surface area contributed by atoms with Crippen molar-refractivity contribution < 1.29 is 14.0 Å². The number of urea groups is 1. The van der Waals surface area contributed by atoms with E-state index in [4.69, 9.17) is 16.0 Å². The maximum atomic E-state index is 12.6. The number of rotatable bonds is 3. The van der Waals surface area contributed by atoms with Gasteiger partial charge in [0.2, 0.25) is 0 Å². The quantitative estimate of drug-likeness (QED) is 0.887. The fourth-order valence-corrected chi connectivity index (χ4v) is 2.47. The van der Waals surface area contributed by atoms with Crippen molar-refractivity contribution in [2.75, 3.05) is 0 Å². The molecule has 3 rings (SSSR count). The molecule has 0 spiro atoms. The molecule has 1 aromatic heterocycles. The second-order valence-corrected chi connectivity index (χ2v) is 5.49. The lowest BCUT2D eigenvalue weighted by Crippen LogP contribution is -2.40. The minimum atomic E-state index is -1.16. The fourth-order valence-electron chi connectivity index (χ4n) is 2.34. The van der Waals surface area contributed by atoms with E-state index in [-0.39, 0.29) is 12.5 Å². The molecule has 0 radical (unpaired) electrons. The Morgan fingerprint density at radius 3 is 2.57 bits per heavy atom. The highest BCUT2D eigenvalue weighted by atomic mass is 35.5. The second kappa shape index (κ2) is 4.93. The lowest BCUT2D eigenvalue weighted by atomic mass is 9.99. The van der Waals surface area contributed by atoms with Crippen molar-refractivity contribution in [3.63, 3.8) is 0 Å². The molecular formula is C15H13ClN2O3. The van der Waals surface area contributed by atoms with Crippen LogP contribution in [0.1, 0.15) is 18.2 Å². The number of benzene rings is 1. The molecule has 3 amide bonds.